The van der Waals surface area contributed by atoms with Gasteiger partial charge in [-0.05, 0) is 45.3 Å². The maximum Gasteiger partial charge on any atom is 0.272 e. The van der Waals surface area contributed by atoms with Gasteiger partial charge in [0.05, 0.1) is 21.8 Å². The molecule has 0 aliphatic heterocycles. The summed E-state index contributed by atoms with van der Waals surface area (Å²) in [6.45, 7) is 0.842. The van der Waals surface area contributed by atoms with Crippen LogP contribution in [0.15, 0.2) is 47.3 Å². The zero-order valence-electron chi connectivity index (χ0n) is 15.3. The van der Waals surface area contributed by atoms with Crippen LogP contribution in [0, 0.1) is 0 Å². The molecule has 0 radical (unpaired) electrons. The zero-order valence-corrected chi connectivity index (χ0v) is 16.0. The van der Waals surface area contributed by atoms with Crippen molar-refractivity contribution in [1.29, 1.82) is 0 Å². The molecule has 7 heteroatoms. The second-order valence-corrected chi connectivity index (χ2v) is 7.00. The van der Waals surface area contributed by atoms with E-state index in [-0.39, 0.29) is 11.5 Å². The molecule has 0 unspecified atom stereocenters. The van der Waals surface area contributed by atoms with Crippen LogP contribution in [0.2, 0.25) is 5.02 Å². The molecule has 1 aromatic heterocycles. The van der Waals surface area contributed by atoms with Gasteiger partial charge >= 0.3 is 0 Å². The Hall–Kier alpha value is -2.70. The third kappa shape index (κ3) is 4.53. The zero-order chi connectivity index (χ0) is 19.4. The lowest BCUT2D eigenvalue weighted by Crippen LogP contribution is -2.17. The fraction of sp³-hybridized carbons (Fsp3) is 0.250. The summed E-state index contributed by atoms with van der Waals surface area (Å²) < 4.78 is 0. The number of anilines is 1. The van der Waals surface area contributed by atoms with E-state index < -0.39 is 0 Å². The first-order valence-corrected chi connectivity index (χ1v) is 9.05. The highest BCUT2D eigenvalue weighted by molar-refractivity contribution is 6.33. The Labute approximate surface area is 162 Å². The van der Waals surface area contributed by atoms with E-state index in [1.165, 1.54) is 0 Å². The standard InChI is InChI=1S/C20H21ClN4O2/c1-25(2)11-5-8-18(26)22-17-12-13(9-10-16(17)21)19-14-6-3-4-7-15(14)20(27)24-23-19/h3-4,6-7,9-10,12H,5,8,11H2,1-2H3,(H,22,26)(H,24,27). The third-order valence-corrected chi connectivity index (χ3v) is 4.55. The smallest absolute Gasteiger partial charge is 0.272 e. The fourth-order valence-corrected chi connectivity index (χ4v) is 3.04. The molecular weight excluding hydrogens is 364 g/mol. The number of hydrogen-bond acceptors (Lipinski definition) is 4. The molecule has 0 aliphatic carbocycles. The van der Waals surface area contributed by atoms with Gasteiger partial charge in [-0.1, -0.05) is 35.9 Å². The summed E-state index contributed by atoms with van der Waals surface area (Å²) in [7, 11) is 3.94. The van der Waals surface area contributed by atoms with E-state index in [0.29, 0.717) is 28.2 Å². The number of halogens is 1. The first-order valence-electron chi connectivity index (χ1n) is 8.67. The number of amides is 1. The molecular formula is C20H21ClN4O2. The van der Waals surface area contributed by atoms with Crippen molar-refractivity contribution in [2.45, 2.75) is 12.8 Å². The van der Waals surface area contributed by atoms with Crippen molar-refractivity contribution in [2.75, 3.05) is 26.0 Å². The highest BCUT2D eigenvalue weighted by atomic mass is 35.5. The first kappa shape index (κ1) is 19.1. The Kier molecular flexibility index (Phi) is 5.88. The number of carbonyl (C=O) groups excluding carboxylic acids is 1. The Morgan fingerprint density at radius 2 is 1.93 bits per heavy atom. The van der Waals surface area contributed by atoms with Crippen molar-refractivity contribution in [3.63, 3.8) is 0 Å². The van der Waals surface area contributed by atoms with Gasteiger partial charge in [0.15, 0.2) is 0 Å². The number of carbonyl (C=O) groups is 1. The van der Waals surface area contributed by atoms with E-state index in [4.69, 9.17) is 11.6 Å². The fourth-order valence-electron chi connectivity index (χ4n) is 2.87. The molecule has 1 heterocycles. The second-order valence-electron chi connectivity index (χ2n) is 6.60. The van der Waals surface area contributed by atoms with Gasteiger partial charge in [-0.2, -0.15) is 5.10 Å². The lowest BCUT2D eigenvalue weighted by atomic mass is 10.0. The van der Waals surface area contributed by atoms with Crippen molar-refractivity contribution in [2.24, 2.45) is 0 Å². The first-order chi connectivity index (χ1) is 13.0. The van der Waals surface area contributed by atoms with Gasteiger partial charge in [-0.25, -0.2) is 5.10 Å². The van der Waals surface area contributed by atoms with Crippen LogP contribution < -0.4 is 10.9 Å². The van der Waals surface area contributed by atoms with Gasteiger partial charge in [-0.15, -0.1) is 0 Å². The van der Waals surface area contributed by atoms with Crippen LogP contribution in [0.3, 0.4) is 0 Å². The van der Waals surface area contributed by atoms with Gasteiger partial charge < -0.3 is 10.2 Å². The minimum atomic E-state index is -0.238. The van der Waals surface area contributed by atoms with Crippen molar-refractivity contribution in [3.05, 3.63) is 57.8 Å². The molecule has 1 amide bonds. The van der Waals surface area contributed by atoms with E-state index in [1.54, 1.807) is 18.2 Å². The van der Waals surface area contributed by atoms with E-state index in [0.717, 1.165) is 23.9 Å². The van der Waals surface area contributed by atoms with Gasteiger partial charge in [-0.3, -0.25) is 9.59 Å². The Morgan fingerprint density at radius 1 is 1.19 bits per heavy atom. The normalized spacial score (nSPS) is 11.1. The molecule has 0 atom stereocenters. The lowest BCUT2D eigenvalue weighted by molar-refractivity contribution is -0.116. The number of hydrogen-bond donors (Lipinski definition) is 2. The number of rotatable bonds is 6. The van der Waals surface area contributed by atoms with Crippen LogP contribution in [-0.4, -0.2) is 41.6 Å². The maximum absolute atomic E-state index is 12.2. The molecule has 2 aromatic carbocycles. The predicted molar refractivity (Wildman–Crippen MR) is 109 cm³/mol. The highest BCUT2D eigenvalue weighted by Crippen LogP contribution is 2.30. The van der Waals surface area contributed by atoms with Gasteiger partial charge in [0, 0.05) is 17.4 Å². The number of aromatic amines is 1. The highest BCUT2D eigenvalue weighted by Gasteiger charge is 2.12. The van der Waals surface area contributed by atoms with E-state index in [1.807, 2.05) is 43.3 Å². The molecule has 3 rings (SSSR count). The Balaban J connectivity index is 1.89. The number of aromatic nitrogens is 2. The molecule has 3 aromatic rings. The summed E-state index contributed by atoms with van der Waals surface area (Å²) >= 11 is 6.25. The summed E-state index contributed by atoms with van der Waals surface area (Å²) in [5.74, 6) is -0.0878. The Morgan fingerprint density at radius 3 is 2.67 bits per heavy atom. The van der Waals surface area contributed by atoms with Crippen LogP contribution >= 0.6 is 11.6 Å². The average molecular weight is 385 g/mol. The quantitative estimate of drug-likeness (QED) is 0.681. The maximum atomic E-state index is 12.2. The molecule has 0 fully saturated rings. The predicted octanol–water partition coefficient (Wildman–Crippen LogP) is 3.52. The largest absolute Gasteiger partial charge is 0.325 e. The molecule has 27 heavy (non-hydrogen) atoms. The number of H-pyrrole nitrogens is 1. The Bertz CT molecular complexity index is 1030. The monoisotopic (exact) mass is 384 g/mol. The van der Waals surface area contributed by atoms with E-state index in [2.05, 4.69) is 15.5 Å². The summed E-state index contributed by atoms with van der Waals surface area (Å²) in [5, 5.41) is 11.3. The number of nitrogens with zero attached hydrogens (tertiary/aromatic N) is 2. The number of fused-ring (bicyclic) bond motifs is 1. The van der Waals surface area contributed by atoms with Crippen molar-refractivity contribution in [3.8, 4) is 11.3 Å². The van der Waals surface area contributed by atoms with Crippen molar-refractivity contribution >= 4 is 34.0 Å². The van der Waals surface area contributed by atoms with E-state index in [9.17, 15) is 9.59 Å². The summed E-state index contributed by atoms with van der Waals surface area (Å²) in [6, 6.07) is 12.6. The third-order valence-electron chi connectivity index (χ3n) is 4.22. The average Bonchev–Trinajstić information content (AvgIpc) is 2.64. The van der Waals surface area contributed by atoms with E-state index >= 15 is 0 Å². The van der Waals surface area contributed by atoms with Crippen LogP contribution in [0.25, 0.3) is 22.0 Å². The molecule has 0 saturated carbocycles. The SMILES string of the molecule is CN(C)CCCC(=O)Nc1cc(-c2n[nH]c(=O)c3ccccc23)ccc1Cl. The molecule has 0 bridgehead atoms. The van der Waals surface area contributed by atoms with Crippen molar-refractivity contribution in [1.82, 2.24) is 15.1 Å². The summed E-state index contributed by atoms with van der Waals surface area (Å²) in [4.78, 5) is 26.2. The number of benzene rings is 2. The summed E-state index contributed by atoms with van der Waals surface area (Å²) in [5.41, 5.74) is 1.68. The summed E-state index contributed by atoms with van der Waals surface area (Å²) in [6.07, 6.45) is 1.18. The van der Waals surface area contributed by atoms with Gasteiger partial charge in [0.25, 0.3) is 5.56 Å². The minimum Gasteiger partial charge on any atom is -0.325 e. The second kappa shape index (κ2) is 8.33. The van der Waals surface area contributed by atoms with Crippen LogP contribution in [0.4, 0.5) is 5.69 Å². The van der Waals surface area contributed by atoms with Gasteiger partial charge in [0.2, 0.25) is 5.91 Å². The molecule has 6 nitrogen and oxygen atoms in total. The lowest BCUT2D eigenvalue weighted by Gasteiger charge is -2.12. The molecule has 0 spiro atoms. The van der Waals surface area contributed by atoms with Crippen LogP contribution in [-0.2, 0) is 4.79 Å². The van der Waals surface area contributed by atoms with Crippen LogP contribution in [0.1, 0.15) is 12.8 Å². The molecule has 140 valence electrons. The molecule has 0 aliphatic rings. The topological polar surface area (TPSA) is 78.1 Å². The van der Waals surface area contributed by atoms with Crippen LogP contribution in [0.5, 0.6) is 0 Å². The number of nitrogens with one attached hydrogen (secondary N) is 2. The molecule has 2 N–H and O–H groups in total. The minimum absolute atomic E-state index is 0.0878. The van der Waals surface area contributed by atoms with Crippen molar-refractivity contribution < 1.29 is 4.79 Å². The molecule has 0 saturated heterocycles. The van der Waals surface area contributed by atoms with Gasteiger partial charge in [0.1, 0.15) is 0 Å².